The number of anilines is 1. The van der Waals surface area contributed by atoms with Gasteiger partial charge in [-0.3, -0.25) is 9.59 Å². The molecule has 2 amide bonds. The summed E-state index contributed by atoms with van der Waals surface area (Å²) in [6.07, 6.45) is 1.22. The molecule has 0 bridgehead atoms. The maximum absolute atomic E-state index is 12.0. The lowest BCUT2D eigenvalue weighted by Crippen LogP contribution is -2.27. The van der Waals surface area contributed by atoms with Crippen molar-refractivity contribution in [2.75, 3.05) is 26.1 Å². The second kappa shape index (κ2) is 6.38. The van der Waals surface area contributed by atoms with Crippen LogP contribution >= 0.6 is 0 Å². The molecule has 108 valence electrons. The quantitative estimate of drug-likeness (QED) is 0.867. The fourth-order valence-electron chi connectivity index (χ4n) is 2.08. The highest BCUT2D eigenvalue weighted by Gasteiger charge is 2.24. The van der Waals surface area contributed by atoms with Crippen molar-refractivity contribution >= 4 is 17.5 Å². The van der Waals surface area contributed by atoms with Gasteiger partial charge < -0.3 is 20.1 Å². The Labute approximate surface area is 117 Å². The van der Waals surface area contributed by atoms with Gasteiger partial charge in [0.1, 0.15) is 11.9 Å². The van der Waals surface area contributed by atoms with E-state index in [-0.39, 0.29) is 11.8 Å². The van der Waals surface area contributed by atoms with Gasteiger partial charge in [0, 0.05) is 19.2 Å². The van der Waals surface area contributed by atoms with Gasteiger partial charge in [-0.05, 0) is 31.0 Å². The predicted molar refractivity (Wildman–Crippen MR) is 74.0 cm³/mol. The van der Waals surface area contributed by atoms with Gasteiger partial charge in [-0.1, -0.05) is 0 Å². The third-order valence-electron chi connectivity index (χ3n) is 3.17. The maximum Gasteiger partial charge on any atom is 0.253 e. The average molecular weight is 278 g/mol. The van der Waals surface area contributed by atoms with Crippen molar-refractivity contribution in [3.63, 3.8) is 0 Å². The van der Waals surface area contributed by atoms with Crippen molar-refractivity contribution < 1.29 is 19.1 Å². The Morgan fingerprint density at radius 1 is 1.40 bits per heavy atom. The van der Waals surface area contributed by atoms with Crippen LogP contribution in [0, 0.1) is 0 Å². The molecule has 0 spiro atoms. The number of nitrogens with one attached hydrogen (secondary N) is 2. The van der Waals surface area contributed by atoms with Gasteiger partial charge in [-0.15, -0.1) is 0 Å². The summed E-state index contributed by atoms with van der Waals surface area (Å²) < 4.78 is 10.5. The van der Waals surface area contributed by atoms with Crippen LogP contribution in [0.5, 0.6) is 5.75 Å². The first-order valence-corrected chi connectivity index (χ1v) is 6.48. The molecule has 6 heteroatoms. The normalized spacial score (nSPS) is 17.6. The van der Waals surface area contributed by atoms with Crippen molar-refractivity contribution in [3.8, 4) is 5.75 Å². The number of ether oxygens (including phenoxy) is 2. The van der Waals surface area contributed by atoms with Crippen LogP contribution in [0.3, 0.4) is 0 Å². The SMILES string of the molecule is CNC(=O)c1ccc(NC(=O)C2CCCO2)c(OC)c1. The van der Waals surface area contributed by atoms with Crippen molar-refractivity contribution in [1.82, 2.24) is 5.32 Å². The van der Waals surface area contributed by atoms with E-state index in [1.165, 1.54) is 7.11 Å². The third-order valence-corrected chi connectivity index (χ3v) is 3.17. The highest BCUT2D eigenvalue weighted by Crippen LogP contribution is 2.26. The van der Waals surface area contributed by atoms with E-state index in [0.29, 0.717) is 23.6 Å². The molecule has 1 aromatic carbocycles. The lowest BCUT2D eigenvalue weighted by molar-refractivity contribution is -0.124. The van der Waals surface area contributed by atoms with Gasteiger partial charge in [0.2, 0.25) is 0 Å². The Balaban J connectivity index is 2.14. The van der Waals surface area contributed by atoms with Gasteiger partial charge in [0.25, 0.3) is 11.8 Å². The summed E-state index contributed by atoms with van der Waals surface area (Å²) in [6, 6.07) is 4.87. The molecule has 1 atom stereocenters. The molecule has 1 heterocycles. The van der Waals surface area contributed by atoms with Crippen LogP contribution in [-0.2, 0) is 9.53 Å². The van der Waals surface area contributed by atoms with Gasteiger partial charge in [-0.25, -0.2) is 0 Å². The zero-order valence-corrected chi connectivity index (χ0v) is 11.6. The Bertz CT molecular complexity index is 510. The number of methoxy groups -OCH3 is 1. The first-order valence-electron chi connectivity index (χ1n) is 6.48. The Hall–Kier alpha value is -2.08. The van der Waals surface area contributed by atoms with E-state index in [4.69, 9.17) is 9.47 Å². The maximum atomic E-state index is 12.0. The average Bonchev–Trinajstić information content (AvgIpc) is 3.01. The van der Waals surface area contributed by atoms with E-state index in [9.17, 15) is 9.59 Å². The number of hydrogen-bond acceptors (Lipinski definition) is 4. The van der Waals surface area contributed by atoms with Gasteiger partial charge in [0.05, 0.1) is 12.8 Å². The van der Waals surface area contributed by atoms with Gasteiger partial charge in [-0.2, -0.15) is 0 Å². The number of amides is 2. The molecule has 1 aliphatic rings. The van der Waals surface area contributed by atoms with E-state index in [1.807, 2.05) is 0 Å². The third kappa shape index (κ3) is 3.08. The number of carbonyl (C=O) groups is 2. The van der Waals surface area contributed by atoms with E-state index < -0.39 is 6.10 Å². The molecular weight excluding hydrogens is 260 g/mol. The predicted octanol–water partition coefficient (Wildman–Crippen LogP) is 1.17. The molecule has 20 heavy (non-hydrogen) atoms. The minimum absolute atomic E-state index is 0.187. The van der Waals surface area contributed by atoms with Crippen molar-refractivity contribution in [1.29, 1.82) is 0 Å². The van der Waals surface area contributed by atoms with E-state index in [2.05, 4.69) is 10.6 Å². The molecule has 1 aliphatic heterocycles. The lowest BCUT2D eigenvalue weighted by Gasteiger charge is -2.14. The molecule has 1 saturated heterocycles. The van der Waals surface area contributed by atoms with Crippen LogP contribution in [-0.4, -0.2) is 38.7 Å². The minimum atomic E-state index is -0.404. The molecule has 0 saturated carbocycles. The van der Waals surface area contributed by atoms with Crippen molar-refractivity contribution in [2.45, 2.75) is 18.9 Å². The summed E-state index contributed by atoms with van der Waals surface area (Å²) in [7, 11) is 3.05. The Morgan fingerprint density at radius 2 is 2.20 bits per heavy atom. The zero-order valence-electron chi connectivity index (χ0n) is 11.6. The number of hydrogen-bond donors (Lipinski definition) is 2. The second-order valence-electron chi connectivity index (χ2n) is 4.49. The summed E-state index contributed by atoms with van der Waals surface area (Å²) >= 11 is 0. The first-order chi connectivity index (χ1) is 9.65. The van der Waals surface area contributed by atoms with E-state index in [0.717, 1.165) is 12.8 Å². The van der Waals surface area contributed by atoms with Crippen LogP contribution in [0.15, 0.2) is 18.2 Å². The fraction of sp³-hybridized carbons (Fsp3) is 0.429. The van der Waals surface area contributed by atoms with E-state index >= 15 is 0 Å². The highest BCUT2D eigenvalue weighted by atomic mass is 16.5. The van der Waals surface area contributed by atoms with Gasteiger partial charge in [0.15, 0.2) is 0 Å². The second-order valence-corrected chi connectivity index (χ2v) is 4.49. The molecule has 1 aromatic rings. The first kappa shape index (κ1) is 14.3. The molecule has 0 aromatic heterocycles. The Morgan fingerprint density at radius 3 is 2.80 bits per heavy atom. The fourth-order valence-corrected chi connectivity index (χ4v) is 2.08. The summed E-state index contributed by atoms with van der Waals surface area (Å²) in [4.78, 5) is 23.5. The summed E-state index contributed by atoms with van der Waals surface area (Å²) in [5.41, 5.74) is 1.00. The van der Waals surface area contributed by atoms with Crippen molar-refractivity contribution in [2.24, 2.45) is 0 Å². The monoisotopic (exact) mass is 278 g/mol. The van der Waals surface area contributed by atoms with Crippen LogP contribution in [0.4, 0.5) is 5.69 Å². The number of benzene rings is 1. The molecule has 6 nitrogen and oxygen atoms in total. The minimum Gasteiger partial charge on any atom is -0.495 e. The summed E-state index contributed by atoms with van der Waals surface area (Å²) in [6.45, 7) is 0.616. The standard InChI is InChI=1S/C14H18N2O4/c1-15-13(17)9-5-6-10(12(8-9)19-2)16-14(18)11-4-3-7-20-11/h5-6,8,11H,3-4,7H2,1-2H3,(H,15,17)(H,16,18). The summed E-state index contributed by atoms with van der Waals surface area (Å²) in [5, 5.41) is 5.30. The van der Waals surface area contributed by atoms with Crippen LogP contribution < -0.4 is 15.4 Å². The zero-order chi connectivity index (χ0) is 14.5. The number of rotatable bonds is 4. The highest BCUT2D eigenvalue weighted by molar-refractivity contribution is 5.98. The lowest BCUT2D eigenvalue weighted by atomic mass is 10.1. The molecule has 1 fully saturated rings. The van der Waals surface area contributed by atoms with Gasteiger partial charge >= 0.3 is 0 Å². The Kier molecular flexibility index (Phi) is 4.57. The van der Waals surface area contributed by atoms with Crippen LogP contribution in [0.1, 0.15) is 23.2 Å². The van der Waals surface area contributed by atoms with Crippen molar-refractivity contribution in [3.05, 3.63) is 23.8 Å². The van der Waals surface area contributed by atoms with E-state index in [1.54, 1.807) is 25.2 Å². The molecule has 0 radical (unpaired) electrons. The summed E-state index contributed by atoms with van der Waals surface area (Å²) in [5.74, 6) is 0.0474. The topological polar surface area (TPSA) is 76.7 Å². The molecule has 2 N–H and O–H groups in total. The van der Waals surface area contributed by atoms with Crippen LogP contribution in [0.2, 0.25) is 0 Å². The molecule has 2 rings (SSSR count). The molecule has 0 aliphatic carbocycles. The smallest absolute Gasteiger partial charge is 0.253 e. The number of carbonyl (C=O) groups excluding carboxylic acids is 2. The van der Waals surface area contributed by atoms with Crippen LogP contribution in [0.25, 0.3) is 0 Å². The molecular formula is C14H18N2O4. The largest absolute Gasteiger partial charge is 0.495 e. The molecule has 1 unspecified atom stereocenters.